The highest BCUT2D eigenvalue weighted by Crippen LogP contribution is 2.42. The number of hydrogen-bond acceptors (Lipinski definition) is 5. The Morgan fingerprint density at radius 1 is 1.14 bits per heavy atom. The van der Waals surface area contributed by atoms with Gasteiger partial charge in [0.25, 0.3) is 0 Å². The molecule has 0 saturated carbocycles. The monoisotopic (exact) mass is 479 g/mol. The smallest absolute Gasteiger partial charge is 0.231 e. The molecule has 0 aliphatic carbocycles. The Bertz CT molecular complexity index is 1470. The number of carbonyl (C=O) groups is 1. The second-order valence-electron chi connectivity index (χ2n) is 9.54. The summed E-state index contributed by atoms with van der Waals surface area (Å²) in [6.07, 6.45) is 10.9. The van der Waals surface area contributed by atoms with Crippen molar-refractivity contribution in [2.45, 2.75) is 45.3 Å². The van der Waals surface area contributed by atoms with E-state index in [-0.39, 0.29) is 17.6 Å². The lowest BCUT2D eigenvalue weighted by Gasteiger charge is -2.36. The van der Waals surface area contributed by atoms with E-state index in [0.29, 0.717) is 29.2 Å². The molecule has 2 aromatic carbocycles. The van der Waals surface area contributed by atoms with Crippen LogP contribution in [0.1, 0.15) is 59.3 Å². The van der Waals surface area contributed by atoms with Gasteiger partial charge in [0.1, 0.15) is 11.5 Å². The van der Waals surface area contributed by atoms with Gasteiger partial charge in [-0.15, -0.1) is 0 Å². The number of ether oxygens (including phenoxy) is 1. The van der Waals surface area contributed by atoms with Crippen LogP contribution in [0.2, 0.25) is 0 Å². The number of fused-ring (bicyclic) bond motifs is 2. The fraction of sp³-hybridized carbons (Fsp3) is 0.267. The maximum Gasteiger partial charge on any atom is 0.231 e. The number of hydrogen-bond donors (Lipinski definition) is 1. The molecular formula is C30H29N3O3. The van der Waals surface area contributed by atoms with E-state index >= 15 is 0 Å². The molecule has 6 rings (SSSR count). The highest BCUT2D eigenvalue weighted by molar-refractivity contribution is 6.15. The molecule has 0 radical (unpaired) electrons. The predicted octanol–water partition coefficient (Wildman–Crippen LogP) is 6.11. The van der Waals surface area contributed by atoms with Gasteiger partial charge in [0.15, 0.2) is 5.76 Å². The summed E-state index contributed by atoms with van der Waals surface area (Å²) in [6, 6.07) is 15.7. The Morgan fingerprint density at radius 3 is 2.86 bits per heavy atom. The third kappa shape index (κ3) is 3.88. The van der Waals surface area contributed by atoms with E-state index in [9.17, 15) is 9.90 Å². The Hall–Kier alpha value is -3.90. The highest BCUT2D eigenvalue weighted by Gasteiger charge is 2.33. The van der Waals surface area contributed by atoms with Crippen molar-refractivity contribution >= 4 is 22.8 Å². The Kier molecular flexibility index (Phi) is 5.82. The van der Waals surface area contributed by atoms with Crippen LogP contribution in [0.4, 0.5) is 0 Å². The van der Waals surface area contributed by atoms with E-state index in [2.05, 4.69) is 45.8 Å². The summed E-state index contributed by atoms with van der Waals surface area (Å²) in [6.45, 7) is 4.36. The van der Waals surface area contributed by atoms with Crippen LogP contribution in [-0.4, -0.2) is 31.9 Å². The number of ketones is 1. The first-order valence-corrected chi connectivity index (χ1v) is 12.6. The van der Waals surface area contributed by atoms with Crippen LogP contribution < -0.4 is 4.74 Å². The minimum absolute atomic E-state index is 0.151. The van der Waals surface area contributed by atoms with E-state index in [1.54, 1.807) is 18.3 Å². The van der Waals surface area contributed by atoms with Crippen molar-refractivity contribution in [3.63, 3.8) is 0 Å². The van der Waals surface area contributed by atoms with Gasteiger partial charge in [0.2, 0.25) is 5.78 Å². The van der Waals surface area contributed by atoms with Gasteiger partial charge in [-0.05, 0) is 62.2 Å². The normalized spacial score (nSPS) is 19.1. The summed E-state index contributed by atoms with van der Waals surface area (Å²) >= 11 is 0. The second-order valence-corrected chi connectivity index (χ2v) is 9.54. The first-order valence-electron chi connectivity index (χ1n) is 12.6. The zero-order valence-corrected chi connectivity index (χ0v) is 20.4. The number of likely N-dealkylation sites (tertiary alicyclic amines) is 1. The molecule has 1 N–H and O–H groups in total. The Morgan fingerprint density at radius 2 is 2.03 bits per heavy atom. The van der Waals surface area contributed by atoms with E-state index in [1.807, 2.05) is 30.5 Å². The summed E-state index contributed by atoms with van der Waals surface area (Å²) < 4.78 is 8.38. The molecule has 36 heavy (non-hydrogen) atoms. The SMILES string of the molecule is CCn1cc(/C=C2\Oc3c(ccc(O)c3CN3CCCC[C@H]3c3cccnc3)C2=O)c2ccccc21. The molecule has 0 amide bonds. The molecule has 6 nitrogen and oxygen atoms in total. The number of carbonyl (C=O) groups excluding carboxylic acids is 1. The molecule has 2 aromatic heterocycles. The number of aromatic nitrogens is 2. The van der Waals surface area contributed by atoms with Gasteiger partial charge in [0, 0.05) is 54.2 Å². The van der Waals surface area contributed by atoms with E-state index < -0.39 is 0 Å². The second kappa shape index (κ2) is 9.28. The van der Waals surface area contributed by atoms with Crippen molar-refractivity contribution in [3.05, 3.63) is 95.1 Å². The van der Waals surface area contributed by atoms with Crippen LogP contribution in [0.25, 0.3) is 17.0 Å². The van der Waals surface area contributed by atoms with Crippen molar-refractivity contribution in [2.75, 3.05) is 6.54 Å². The number of allylic oxidation sites excluding steroid dienone is 1. The molecule has 0 unspecified atom stereocenters. The van der Waals surface area contributed by atoms with Gasteiger partial charge in [-0.2, -0.15) is 0 Å². The van der Waals surface area contributed by atoms with E-state index in [4.69, 9.17) is 4.74 Å². The van der Waals surface area contributed by atoms with Crippen LogP contribution in [0.5, 0.6) is 11.5 Å². The van der Waals surface area contributed by atoms with Gasteiger partial charge >= 0.3 is 0 Å². The molecule has 1 atom stereocenters. The third-order valence-corrected chi connectivity index (χ3v) is 7.41. The van der Waals surface area contributed by atoms with Crippen LogP contribution in [-0.2, 0) is 13.1 Å². The van der Waals surface area contributed by atoms with Crippen molar-refractivity contribution in [3.8, 4) is 11.5 Å². The highest BCUT2D eigenvalue weighted by atomic mass is 16.5. The first-order chi connectivity index (χ1) is 17.6. The molecule has 0 spiro atoms. The lowest BCUT2D eigenvalue weighted by atomic mass is 9.95. The molecule has 1 saturated heterocycles. The number of Topliss-reactive ketones (excluding diaryl/α,β-unsaturated/α-hetero) is 1. The molecule has 4 aromatic rings. The van der Waals surface area contributed by atoms with Gasteiger partial charge in [0.05, 0.1) is 11.1 Å². The van der Waals surface area contributed by atoms with Gasteiger partial charge < -0.3 is 14.4 Å². The largest absolute Gasteiger partial charge is 0.507 e. The average molecular weight is 480 g/mol. The Balaban J connectivity index is 1.35. The van der Waals surface area contributed by atoms with Crippen LogP contribution >= 0.6 is 0 Å². The number of nitrogens with zero attached hydrogens (tertiary/aromatic N) is 3. The minimum atomic E-state index is -0.151. The molecular weight excluding hydrogens is 450 g/mol. The lowest BCUT2D eigenvalue weighted by molar-refractivity contribution is 0.101. The molecule has 2 aliphatic rings. The summed E-state index contributed by atoms with van der Waals surface area (Å²) in [5.74, 6) is 0.766. The molecule has 6 heteroatoms. The first kappa shape index (κ1) is 22.6. The van der Waals surface area contributed by atoms with Crippen LogP contribution in [0.3, 0.4) is 0 Å². The molecule has 2 aliphatic heterocycles. The number of phenolic OH excluding ortho intramolecular Hbond substituents is 1. The van der Waals surface area contributed by atoms with Crippen molar-refractivity contribution in [2.24, 2.45) is 0 Å². The minimum Gasteiger partial charge on any atom is -0.507 e. The summed E-state index contributed by atoms with van der Waals surface area (Å²) in [7, 11) is 0. The fourth-order valence-electron chi connectivity index (χ4n) is 5.58. The Labute approximate surface area is 210 Å². The number of para-hydroxylation sites is 1. The number of piperidine rings is 1. The average Bonchev–Trinajstić information content (AvgIpc) is 3.44. The zero-order valence-electron chi connectivity index (χ0n) is 20.4. The number of aromatic hydroxyl groups is 1. The summed E-state index contributed by atoms with van der Waals surface area (Å²) in [4.78, 5) is 20.0. The van der Waals surface area contributed by atoms with Crippen molar-refractivity contribution in [1.29, 1.82) is 0 Å². The van der Waals surface area contributed by atoms with Crippen molar-refractivity contribution in [1.82, 2.24) is 14.5 Å². The number of aryl methyl sites for hydroxylation is 1. The van der Waals surface area contributed by atoms with Crippen LogP contribution in [0.15, 0.2) is 72.9 Å². The molecule has 182 valence electrons. The topological polar surface area (TPSA) is 67.6 Å². The van der Waals surface area contributed by atoms with Crippen molar-refractivity contribution < 1.29 is 14.6 Å². The standard InChI is InChI=1S/C30H29N3O3/c1-2-32-18-21(22-9-3-4-11-26(22)32)16-28-29(35)23-12-13-27(34)24(30(23)36-28)19-33-15-6-5-10-25(33)20-8-7-14-31-17-20/h3-4,7-9,11-14,16-18,25,34H,2,5-6,10,15,19H2,1H3/b28-16-/t25-/m0/s1. The fourth-order valence-corrected chi connectivity index (χ4v) is 5.58. The van der Waals surface area contributed by atoms with E-state index in [1.165, 1.54) is 5.56 Å². The number of rotatable bonds is 5. The number of pyridine rings is 1. The third-order valence-electron chi connectivity index (χ3n) is 7.41. The zero-order chi connectivity index (χ0) is 24.6. The summed E-state index contributed by atoms with van der Waals surface area (Å²) in [5.41, 5.74) is 4.41. The van der Waals surface area contributed by atoms with E-state index in [0.717, 1.165) is 48.8 Å². The molecule has 0 bridgehead atoms. The van der Waals surface area contributed by atoms with Gasteiger partial charge in [-0.25, -0.2) is 0 Å². The number of benzene rings is 2. The van der Waals surface area contributed by atoms with Gasteiger partial charge in [-0.3, -0.25) is 14.7 Å². The molecule has 1 fully saturated rings. The maximum absolute atomic E-state index is 13.4. The van der Waals surface area contributed by atoms with Crippen LogP contribution in [0, 0.1) is 0 Å². The number of phenols is 1. The molecule has 4 heterocycles. The summed E-state index contributed by atoms with van der Waals surface area (Å²) in [5, 5.41) is 11.9. The lowest BCUT2D eigenvalue weighted by Crippen LogP contribution is -2.33. The van der Waals surface area contributed by atoms with Gasteiger partial charge in [-0.1, -0.05) is 30.7 Å². The predicted molar refractivity (Wildman–Crippen MR) is 140 cm³/mol. The quantitative estimate of drug-likeness (QED) is 0.350. The maximum atomic E-state index is 13.4.